The Hall–Kier alpha value is -2.34. The quantitative estimate of drug-likeness (QED) is 0.431. The molecular formula is C19H25N3O2S. The van der Waals surface area contributed by atoms with Crippen LogP contribution in [0.2, 0.25) is 0 Å². The van der Waals surface area contributed by atoms with E-state index in [0.29, 0.717) is 18.9 Å². The Labute approximate surface area is 149 Å². The highest BCUT2D eigenvalue weighted by molar-refractivity contribution is 7.90. The zero-order valence-electron chi connectivity index (χ0n) is 14.5. The SMILES string of the molecule is CCc1cccc(NC(N)=NCCCS(=O)(=O)Cc2ccccc2)c1. The topological polar surface area (TPSA) is 84.5 Å². The Bertz CT molecular complexity index is 802. The molecule has 0 saturated heterocycles. The lowest BCUT2D eigenvalue weighted by Crippen LogP contribution is -2.23. The lowest BCUT2D eigenvalue weighted by atomic mass is 10.1. The summed E-state index contributed by atoms with van der Waals surface area (Å²) in [5, 5.41) is 3.03. The van der Waals surface area contributed by atoms with Gasteiger partial charge in [-0.05, 0) is 36.1 Å². The van der Waals surface area contributed by atoms with Crippen LogP contribution in [0, 0.1) is 0 Å². The molecular weight excluding hydrogens is 334 g/mol. The van der Waals surface area contributed by atoms with Crippen LogP contribution in [0.1, 0.15) is 24.5 Å². The molecule has 0 saturated carbocycles. The van der Waals surface area contributed by atoms with E-state index in [2.05, 4.69) is 23.3 Å². The average molecular weight is 359 g/mol. The molecule has 3 N–H and O–H groups in total. The average Bonchev–Trinajstić information content (AvgIpc) is 2.59. The number of aliphatic imine (C=N–C) groups is 1. The molecule has 0 aliphatic heterocycles. The van der Waals surface area contributed by atoms with Crippen LogP contribution in [-0.4, -0.2) is 26.7 Å². The minimum absolute atomic E-state index is 0.0646. The number of aryl methyl sites for hydroxylation is 1. The summed E-state index contributed by atoms with van der Waals surface area (Å²) >= 11 is 0. The van der Waals surface area contributed by atoms with E-state index >= 15 is 0 Å². The first-order valence-electron chi connectivity index (χ1n) is 8.39. The molecule has 0 aliphatic rings. The van der Waals surface area contributed by atoms with E-state index in [9.17, 15) is 8.42 Å². The highest BCUT2D eigenvalue weighted by atomic mass is 32.2. The Morgan fingerprint density at radius 2 is 1.80 bits per heavy atom. The lowest BCUT2D eigenvalue weighted by Gasteiger charge is -2.07. The number of benzene rings is 2. The molecule has 0 spiro atoms. The van der Waals surface area contributed by atoms with Gasteiger partial charge in [0.15, 0.2) is 15.8 Å². The standard InChI is InChI=1S/C19H25N3O2S/c1-2-16-10-6-11-18(14-16)22-19(20)21-12-7-13-25(23,24)15-17-8-4-3-5-9-17/h3-6,8-11,14H,2,7,12-13,15H2,1H3,(H3,20,21,22). The molecule has 0 atom stereocenters. The summed E-state index contributed by atoms with van der Waals surface area (Å²) in [6, 6.07) is 17.2. The van der Waals surface area contributed by atoms with Gasteiger partial charge < -0.3 is 11.1 Å². The van der Waals surface area contributed by atoms with Gasteiger partial charge in [0.25, 0.3) is 0 Å². The molecule has 0 radical (unpaired) electrons. The van der Waals surface area contributed by atoms with E-state index in [4.69, 9.17) is 5.73 Å². The summed E-state index contributed by atoms with van der Waals surface area (Å²) in [5.74, 6) is 0.465. The molecule has 5 nitrogen and oxygen atoms in total. The number of nitrogens with zero attached hydrogens (tertiary/aromatic N) is 1. The first kappa shape index (κ1) is 19.0. The largest absolute Gasteiger partial charge is 0.370 e. The van der Waals surface area contributed by atoms with Crippen molar-refractivity contribution in [3.63, 3.8) is 0 Å². The second kappa shape index (κ2) is 9.22. The number of hydrogen-bond donors (Lipinski definition) is 2. The summed E-state index contributed by atoms with van der Waals surface area (Å²) in [5.41, 5.74) is 8.77. The van der Waals surface area contributed by atoms with Crippen molar-refractivity contribution >= 4 is 21.5 Å². The number of sulfone groups is 1. The molecule has 2 aromatic carbocycles. The minimum Gasteiger partial charge on any atom is -0.370 e. The van der Waals surface area contributed by atoms with Crippen LogP contribution < -0.4 is 11.1 Å². The fourth-order valence-corrected chi connectivity index (χ4v) is 3.85. The summed E-state index contributed by atoms with van der Waals surface area (Å²) in [6.45, 7) is 2.47. The van der Waals surface area contributed by atoms with Crippen molar-refractivity contribution in [2.45, 2.75) is 25.5 Å². The molecule has 134 valence electrons. The molecule has 0 aromatic heterocycles. The highest BCUT2D eigenvalue weighted by Gasteiger charge is 2.11. The van der Waals surface area contributed by atoms with Crippen LogP contribution >= 0.6 is 0 Å². The molecule has 0 unspecified atom stereocenters. The molecule has 6 heteroatoms. The molecule has 0 bridgehead atoms. The van der Waals surface area contributed by atoms with Gasteiger partial charge in [-0.2, -0.15) is 0 Å². The molecule has 0 fully saturated rings. The third kappa shape index (κ3) is 6.97. The maximum Gasteiger partial charge on any atom is 0.193 e. The zero-order valence-corrected chi connectivity index (χ0v) is 15.3. The van der Waals surface area contributed by atoms with Gasteiger partial charge in [0.2, 0.25) is 0 Å². The van der Waals surface area contributed by atoms with Gasteiger partial charge in [-0.25, -0.2) is 8.42 Å². The lowest BCUT2D eigenvalue weighted by molar-refractivity contribution is 0.593. The van der Waals surface area contributed by atoms with Crippen molar-refractivity contribution < 1.29 is 8.42 Å². The van der Waals surface area contributed by atoms with E-state index in [1.54, 1.807) is 0 Å². The van der Waals surface area contributed by atoms with Crippen molar-refractivity contribution in [3.05, 3.63) is 65.7 Å². The van der Waals surface area contributed by atoms with Gasteiger partial charge in [0.05, 0.1) is 11.5 Å². The third-order valence-corrected chi connectivity index (χ3v) is 5.42. The maximum atomic E-state index is 12.1. The van der Waals surface area contributed by atoms with Gasteiger partial charge in [-0.15, -0.1) is 0 Å². The summed E-state index contributed by atoms with van der Waals surface area (Å²) in [7, 11) is -3.13. The van der Waals surface area contributed by atoms with Gasteiger partial charge in [0.1, 0.15) is 0 Å². The fraction of sp³-hybridized carbons (Fsp3) is 0.316. The first-order valence-corrected chi connectivity index (χ1v) is 10.2. The van der Waals surface area contributed by atoms with Crippen LogP contribution in [0.3, 0.4) is 0 Å². The Morgan fingerprint density at radius 3 is 2.52 bits per heavy atom. The van der Waals surface area contributed by atoms with Crippen LogP contribution in [0.5, 0.6) is 0 Å². The van der Waals surface area contributed by atoms with Crippen LogP contribution in [0.4, 0.5) is 5.69 Å². The predicted octanol–water partition coefficient (Wildman–Crippen LogP) is 2.98. The van der Waals surface area contributed by atoms with E-state index in [1.807, 2.05) is 48.5 Å². The molecule has 0 heterocycles. The predicted molar refractivity (Wildman–Crippen MR) is 104 cm³/mol. The number of rotatable bonds is 8. The molecule has 2 aromatic rings. The smallest absolute Gasteiger partial charge is 0.193 e. The van der Waals surface area contributed by atoms with E-state index in [0.717, 1.165) is 17.7 Å². The van der Waals surface area contributed by atoms with Gasteiger partial charge in [-0.1, -0.05) is 49.4 Å². The third-order valence-electron chi connectivity index (χ3n) is 3.73. The second-order valence-electron chi connectivity index (χ2n) is 5.88. The first-order chi connectivity index (χ1) is 12.0. The van der Waals surface area contributed by atoms with Crippen LogP contribution in [0.15, 0.2) is 59.6 Å². The molecule has 2 rings (SSSR count). The normalized spacial score (nSPS) is 12.1. The van der Waals surface area contributed by atoms with Gasteiger partial charge >= 0.3 is 0 Å². The zero-order chi connectivity index (χ0) is 18.1. The summed E-state index contributed by atoms with van der Waals surface area (Å²) in [6.07, 6.45) is 1.40. The van der Waals surface area contributed by atoms with E-state index < -0.39 is 9.84 Å². The number of anilines is 1. The van der Waals surface area contributed by atoms with Crippen molar-refractivity contribution in [1.82, 2.24) is 0 Å². The van der Waals surface area contributed by atoms with E-state index in [1.165, 1.54) is 5.56 Å². The monoisotopic (exact) mass is 359 g/mol. The van der Waals surface area contributed by atoms with Gasteiger partial charge in [0, 0.05) is 12.2 Å². The van der Waals surface area contributed by atoms with Crippen molar-refractivity contribution in [2.24, 2.45) is 10.7 Å². The Balaban J connectivity index is 1.79. The fourth-order valence-electron chi connectivity index (χ4n) is 2.44. The number of nitrogens with one attached hydrogen (secondary N) is 1. The summed E-state index contributed by atoms with van der Waals surface area (Å²) < 4.78 is 24.2. The number of nitrogens with two attached hydrogens (primary N) is 1. The molecule has 25 heavy (non-hydrogen) atoms. The number of guanidine groups is 1. The molecule has 0 aliphatic carbocycles. The molecule has 0 amide bonds. The van der Waals surface area contributed by atoms with E-state index in [-0.39, 0.29) is 11.5 Å². The van der Waals surface area contributed by atoms with Crippen LogP contribution in [-0.2, 0) is 22.0 Å². The second-order valence-corrected chi connectivity index (χ2v) is 8.06. The van der Waals surface area contributed by atoms with Crippen molar-refractivity contribution in [3.8, 4) is 0 Å². The maximum absolute atomic E-state index is 12.1. The number of hydrogen-bond acceptors (Lipinski definition) is 3. The minimum atomic E-state index is -3.13. The highest BCUT2D eigenvalue weighted by Crippen LogP contribution is 2.11. The Morgan fingerprint density at radius 1 is 1.08 bits per heavy atom. The summed E-state index contributed by atoms with van der Waals surface area (Å²) in [4.78, 5) is 4.20. The van der Waals surface area contributed by atoms with Crippen molar-refractivity contribution in [1.29, 1.82) is 0 Å². The van der Waals surface area contributed by atoms with Gasteiger partial charge in [-0.3, -0.25) is 4.99 Å². The van der Waals surface area contributed by atoms with Crippen molar-refractivity contribution in [2.75, 3.05) is 17.6 Å². The Kier molecular flexibility index (Phi) is 7.01. The van der Waals surface area contributed by atoms with Crippen LogP contribution in [0.25, 0.3) is 0 Å².